The van der Waals surface area contributed by atoms with E-state index in [0.717, 1.165) is 6.04 Å². The van der Waals surface area contributed by atoms with Crippen molar-refractivity contribution in [2.24, 2.45) is 5.41 Å². The Balaban J connectivity index is 1.65. The molecule has 0 aliphatic carbocycles. The van der Waals surface area contributed by atoms with Gasteiger partial charge in [0.25, 0.3) is 0 Å². The van der Waals surface area contributed by atoms with Gasteiger partial charge in [0, 0.05) is 61.6 Å². The molecule has 0 aromatic rings. The second-order valence-corrected chi connectivity index (χ2v) is 8.72. The van der Waals surface area contributed by atoms with Gasteiger partial charge in [0.05, 0.1) is 0 Å². The fourth-order valence-corrected chi connectivity index (χ4v) is 3.64. The van der Waals surface area contributed by atoms with Crippen LogP contribution in [0, 0.1) is 5.41 Å². The highest BCUT2D eigenvalue weighted by Crippen LogP contribution is 2.23. The first-order valence-corrected chi connectivity index (χ1v) is 8.78. The standard InChI is InChI=1S/C15H30IN3/c1-15(2,3)6-4-7-17-8-5-14(13-17)18-9-11-19(16)12-10-18/h14H,4-13H2,1-3H3. The van der Waals surface area contributed by atoms with Gasteiger partial charge >= 0.3 is 0 Å². The lowest BCUT2D eigenvalue weighted by molar-refractivity contribution is 0.147. The normalized spacial score (nSPS) is 28.1. The van der Waals surface area contributed by atoms with Gasteiger partial charge in [-0.2, -0.15) is 0 Å². The first-order chi connectivity index (χ1) is 8.94. The number of hydrogen-bond donors (Lipinski definition) is 0. The van der Waals surface area contributed by atoms with E-state index in [1.54, 1.807) is 0 Å². The van der Waals surface area contributed by atoms with Crippen LogP contribution in [0.3, 0.4) is 0 Å². The molecule has 1 unspecified atom stereocenters. The monoisotopic (exact) mass is 379 g/mol. The van der Waals surface area contributed by atoms with E-state index in [2.05, 4.69) is 56.5 Å². The lowest BCUT2D eigenvalue weighted by Crippen LogP contribution is -2.48. The van der Waals surface area contributed by atoms with Gasteiger partial charge in [0.1, 0.15) is 0 Å². The zero-order valence-electron chi connectivity index (χ0n) is 12.9. The quantitative estimate of drug-likeness (QED) is 0.550. The summed E-state index contributed by atoms with van der Waals surface area (Å²) in [6.07, 6.45) is 4.09. The molecule has 2 rings (SSSR count). The minimum Gasteiger partial charge on any atom is -0.302 e. The third-order valence-electron chi connectivity index (χ3n) is 4.42. The second-order valence-electron chi connectivity index (χ2n) is 7.35. The Morgan fingerprint density at radius 3 is 2.37 bits per heavy atom. The smallest absolute Gasteiger partial charge is 0.0236 e. The van der Waals surface area contributed by atoms with Gasteiger partial charge in [-0.3, -0.25) is 4.90 Å². The Bertz CT molecular complexity index is 269. The zero-order valence-corrected chi connectivity index (χ0v) is 15.0. The molecule has 2 saturated heterocycles. The summed E-state index contributed by atoms with van der Waals surface area (Å²) in [5.74, 6) is 0. The Labute approximate surface area is 133 Å². The lowest BCUT2D eigenvalue weighted by Gasteiger charge is -2.35. The van der Waals surface area contributed by atoms with Crippen LogP contribution in [-0.2, 0) is 0 Å². The molecule has 112 valence electrons. The van der Waals surface area contributed by atoms with Gasteiger partial charge < -0.3 is 4.90 Å². The molecule has 2 fully saturated rings. The summed E-state index contributed by atoms with van der Waals surface area (Å²) in [5, 5.41) is 0. The highest BCUT2D eigenvalue weighted by molar-refractivity contribution is 14.1. The van der Waals surface area contributed by atoms with E-state index in [4.69, 9.17) is 0 Å². The molecule has 0 saturated carbocycles. The van der Waals surface area contributed by atoms with Crippen molar-refractivity contribution in [1.82, 2.24) is 12.9 Å². The summed E-state index contributed by atoms with van der Waals surface area (Å²) in [6.45, 7) is 16.0. The van der Waals surface area contributed by atoms with E-state index < -0.39 is 0 Å². The van der Waals surface area contributed by atoms with E-state index in [-0.39, 0.29) is 0 Å². The maximum atomic E-state index is 2.72. The summed E-state index contributed by atoms with van der Waals surface area (Å²) in [4.78, 5) is 5.41. The summed E-state index contributed by atoms with van der Waals surface area (Å²) in [7, 11) is 0. The molecule has 0 bridgehead atoms. The molecule has 0 aromatic carbocycles. The first-order valence-electron chi connectivity index (χ1n) is 7.81. The SMILES string of the molecule is CC(C)(C)CCCN1CCC(N2CCN(I)CC2)C1. The minimum atomic E-state index is 0.496. The van der Waals surface area contributed by atoms with E-state index >= 15 is 0 Å². The molecule has 2 aliphatic rings. The van der Waals surface area contributed by atoms with Gasteiger partial charge in [-0.25, -0.2) is 3.11 Å². The van der Waals surface area contributed by atoms with Crippen LogP contribution in [0.15, 0.2) is 0 Å². The molecule has 2 aliphatic heterocycles. The van der Waals surface area contributed by atoms with E-state index in [9.17, 15) is 0 Å². The number of hydrogen-bond acceptors (Lipinski definition) is 3. The average molecular weight is 379 g/mol. The van der Waals surface area contributed by atoms with Crippen molar-refractivity contribution < 1.29 is 0 Å². The Hall–Kier alpha value is 0.610. The van der Waals surface area contributed by atoms with Gasteiger partial charge in [0.2, 0.25) is 0 Å². The topological polar surface area (TPSA) is 9.72 Å². The molecule has 3 nitrogen and oxygen atoms in total. The van der Waals surface area contributed by atoms with Gasteiger partial charge in [0.15, 0.2) is 0 Å². The van der Waals surface area contributed by atoms with E-state index in [0.29, 0.717) is 5.41 Å². The molecular formula is C15H30IN3. The molecule has 0 amide bonds. The van der Waals surface area contributed by atoms with E-state index in [1.807, 2.05) is 0 Å². The first kappa shape index (κ1) is 16.0. The van der Waals surface area contributed by atoms with Crippen molar-refractivity contribution in [2.45, 2.75) is 46.1 Å². The van der Waals surface area contributed by atoms with Crippen LogP contribution < -0.4 is 0 Å². The molecule has 4 heteroatoms. The molecule has 1 atom stereocenters. The summed E-state index contributed by atoms with van der Waals surface area (Å²) < 4.78 is 2.42. The molecule has 19 heavy (non-hydrogen) atoms. The molecule has 0 N–H and O–H groups in total. The van der Waals surface area contributed by atoms with Crippen LogP contribution in [0.5, 0.6) is 0 Å². The zero-order chi connectivity index (χ0) is 13.9. The fraction of sp³-hybridized carbons (Fsp3) is 1.00. The number of likely N-dealkylation sites (tertiary alicyclic amines) is 1. The van der Waals surface area contributed by atoms with Crippen LogP contribution in [0.25, 0.3) is 0 Å². The highest BCUT2D eigenvalue weighted by atomic mass is 127. The molecular weight excluding hydrogens is 349 g/mol. The molecule has 0 radical (unpaired) electrons. The van der Waals surface area contributed by atoms with Crippen molar-refractivity contribution in [2.75, 3.05) is 45.8 Å². The van der Waals surface area contributed by atoms with Crippen LogP contribution >= 0.6 is 22.9 Å². The second kappa shape index (κ2) is 7.05. The maximum absolute atomic E-state index is 2.72. The van der Waals surface area contributed by atoms with Gasteiger partial charge in [-0.05, 0) is 37.8 Å². The van der Waals surface area contributed by atoms with Crippen LogP contribution in [0.4, 0.5) is 0 Å². The highest BCUT2D eigenvalue weighted by Gasteiger charge is 2.29. The number of rotatable bonds is 4. The lowest BCUT2D eigenvalue weighted by atomic mass is 9.90. The van der Waals surface area contributed by atoms with Gasteiger partial charge in [-0.15, -0.1) is 0 Å². The molecule has 0 spiro atoms. The summed E-state index contributed by atoms with van der Waals surface area (Å²) in [5.41, 5.74) is 0.496. The Kier molecular flexibility index (Phi) is 5.93. The van der Waals surface area contributed by atoms with Crippen molar-refractivity contribution in [3.05, 3.63) is 0 Å². The minimum absolute atomic E-state index is 0.496. The predicted molar refractivity (Wildman–Crippen MR) is 90.7 cm³/mol. The molecule has 2 heterocycles. The van der Waals surface area contributed by atoms with Crippen LogP contribution in [0.1, 0.15) is 40.0 Å². The summed E-state index contributed by atoms with van der Waals surface area (Å²) >= 11 is 2.46. The molecule has 0 aromatic heterocycles. The van der Waals surface area contributed by atoms with Crippen molar-refractivity contribution in [1.29, 1.82) is 0 Å². The number of nitrogens with zero attached hydrogens (tertiary/aromatic N) is 3. The predicted octanol–water partition coefficient (Wildman–Crippen LogP) is 2.85. The number of piperazine rings is 1. The third-order valence-corrected chi connectivity index (χ3v) is 5.39. The fourth-order valence-electron chi connectivity index (χ4n) is 3.21. The van der Waals surface area contributed by atoms with Crippen LogP contribution in [-0.4, -0.2) is 64.8 Å². The van der Waals surface area contributed by atoms with E-state index in [1.165, 1.54) is 65.1 Å². The Morgan fingerprint density at radius 2 is 1.74 bits per heavy atom. The summed E-state index contributed by atoms with van der Waals surface area (Å²) in [6, 6.07) is 0.833. The van der Waals surface area contributed by atoms with Crippen LogP contribution in [0.2, 0.25) is 0 Å². The third kappa shape index (κ3) is 5.48. The van der Waals surface area contributed by atoms with Crippen molar-refractivity contribution in [3.8, 4) is 0 Å². The largest absolute Gasteiger partial charge is 0.302 e. The van der Waals surface area contributed by atoms with Crippen molar-refractivity contribution >= 4 is 22.9 Å². The number of halogens is 1. The van der Waals surface area contributed by atoms with Gasteiger partial charge in [-0.1, -0.05) is 20.8 Å². The van der Waals surface area contributed by atoms with Crippen molar-refractivity contribution in [3.63, 3.8) is 0 Å². The average Bonchev–Trinajstić information content (AvgIpc) is 2.77. The maximum Gasteiger partial charge on any atom is 0.0236 e. The Morgan fingerprint density at radius 1 is 1.05 bits per heavy atom.